The molecule has 0 fully saturated rings. The number of carbonyl (C=O) groups excluding carboxylic acids is 1. The molecular weight excluding hydrogens is 406 g/mol. The fraction of sp³-hybridized carbons (Fsp3) is 0.0909. The highest BCUT2D eigenvalue weighted by atomic mass is 35.5. The SMILES string of the molecule is O=C(CCn1cnc2ccccc21)N1c2ccccc2S(=O)c2ccc(Cl)cc21. The van der Waals surface area contributed by atoms with Crippen LogP contribution in [-0.2, 0) is 22.1 Å². The van der Waals surface area contributed by atoms with Crippen molar-refractivity contribution in [1.29, 1.82) is 0 Å². The number of carbonyl (C=O) groups is 1. The van der Waals surface area contributed by atoms with E-state index in [9.17, 15) is 9.00 Å². The number of benzene rings is 3. The fourth-order valence-electron chi connectivity index (χ4n) is 3.65. The Labute approximate surface area is 175 Å². The van der Waals surface area contributed by atoms with Gasteiger partial charge in [-0.1, -0.05) is 35.9 Å². The Morgan fingerprint density at radius 2 is 1.72 bits per heavy atom. The predicted octanol–water partition coefficient (Wildman–Crippen LogP) is 4.92. The number of rotatable bonds is 3. The van der Waals surface area contributed by atoms with Gasteiger partial charge in [0.05, 0.1) is 49.3 Å². The lowest BCUT2D eigenvalue weighted by atomic mass is 10.2. The third kappa shape index (κ3) is 3.05. The van der Waals surface area contributed by atoms with Crippen LogP contribution in [0.3, 0.4) is 0 Å². The van der Waals surface area contributed by atoms with Gasteiger partial charge in [0.2, 0.25) is 5.91 Å². The molecular formula is C22H16ClN3O2S. The Balaban J connectivity index is 1.51. The number of nitrogens with zero attached hydrogens (tertiary/aromatic N) is 3. The minimum atomic E-state index is -1.36. The number of fused-ring (bicyclic) bond motifs is 3. The molecule has 7 heteroatoms. The summed E-state index contributed by atoms with van der Waals surface area (Å²) in [7, 11) is -1.36. The molecule has 3 aromatic carbocycles. The highest BCUT2D eigenvalue weighted by Crippen LogP contribution is 2.43. The second-order valence-electron chi connectivity index (χ2n) is 6.75. The lowest BCUT2D eigenvalue weighted by Gasteiger charge is -2.31. The number of hydrogen-bond donors (Lipinski definition) is 0. The Morgan fingerprint density at radius 3 is 2.62 bits per heavy atom. The van der Waals surface area contributed by atoms with Gasteiger partial charge in [0.15, 0.2) is 0 Å². The summed E-state index contributed by atoms with van der Waals surface area (Å²) in [6.45, 7) is 0.497. The number of para-hydroxylation sites is 3. The van der Waals surface area contributed by atoms with E-state index in [1.54, 1.807) is 35.5 Å². The first kappa shape index (κ1) is 18.1. The van der Waals surface area contributed by atoms with Gasteiger partial charge in [-0.05, 0) is 42.5 Å². The molecule has 1 aliphatic heterocycles. The van der Waals surface area contributed by atoms with E-state index in [1.807, 2.05) is 47.0 Å². The molecule has 0 N–H and O–H groups in total. The van der Waals surface area contributed by atoms with Crippen molar-refractivity contribution < 1.29 is 9.00 Å². The first-order valence-electron chi connectivity index (χ1n) is 9.16. The molecule has 0 radical (unpaired) electrons. The molecule has 4 aromatic rings. The van der Waals surface area contributed by atoms with Gasteiger partial charge < -0.3 is 4.57 Å². The highest BCUT2D eigenvalue weighted by Gasteiger charge is 2.31. The van der Waals surface area contributed by atoms with Crippen LogP contribution in [-0.4, -0.2) is 19.7 Å². The number of imidazole rings is 1. The van der Waals surface area contributed by atoms with Crippen LogP contribution in [0.2, 0.25) is 5.02 Å². The van der Waals surface area contributed by atoms with Crippen molar-refractivity contribution in [2.75, 3.05) is 4.90 Å². The van der Waals surface area contributed by atoms with Crippen LogP contribution in [0, 0.1) is 0 Å². The van der Waals surface area contributed by atoms with E-state index in [-0.39, 0.29) is 12.3 Å². The van der Waals surface area contributed by atoms with Crippen molar-refractivity contribution >= 4 is 50.7 Å². The second-order valence-corrected chi connectivity index (χ2v) is 8.61. The maximum atomic E-state index is 13.3. The Morgan fingerprint density at radius 1 is 0.966 bits per heavy atom. The van der Waals surface area contributed by atoms with E-state index >= 15 is 0 Å². The zero-order valence-corrected chi connectivity index (χ0v) is 16.9. The van der Waals surface area contributed by atoms with Crippen molar-refractivity contribution in [1.82, 2.24) is 9.55 Å². The molecule has 0 bridgehead atoms. The number of halogens is 1. The summed E-state index contributed by atoms with van der Waals surface area (Å²) < 4.78 is 15.0. The Kier molecular flexibility index (Phi) is 4.45. The second kappa shape index (κ2) is 7.13. The smallest absolute Gasteiger partial charge is 0.233 e. The van der Waals surface area contributed by atoms with E-state index < -0.39 is 10.8 Å². The van der Waals surface area contributed by atoms with Crippen molar-refractivity contribution in [2.45, 2.75) is 22.8 Å². The van der Waals surface area contributed by atoms with Crippen molar-refractivity contribution in [3.05, 3.63) is 78.1 Å². The van der Waals surface area contributed by atoms with Crippen molar-refractivity contribution in [2.24, 2.45) is 0 Å². The molecule has 5 rings (SSSR count). The van der Waals surface area contributed by atoms with E-state index in [0.717, 1.165) is 11.0 Å². The largest absolute Gasteiger partial charge is 0.330 e. The molecule has 29 heavy (non-hydrogen) atoms. The third-order valence-electron chi connectivity index (χ3n) is 5.01. The topological polar surface area (TPSA) is 55.2 Å². The molecule has 5 nitrogen and oxygen atoms in total. The summed E-state index contributed by atoms with van der Waals surface area (Å²) >= 11 is 6.20. The van der Waals surface area contributed by atoms with Gasteiger partial charge in [0.25, 0.3) is 0 Å². The molecule has 1 aromatic heterocycles. The van der Waals surface area contributed by atoms with Gasteiger partial charge >= 0.3 is 0 Å². The van der Waals surface area contributed by atoms with Gasteiger partial charge in [-0.3, -0.25) is 9.69 Å². The average Bonchev–Trinajstić information content (AvgIpc) is 3.15. The highest BCUT2D eigenvalue weighted by molar-refractivity contribution is 7.85. The molecule has 0 spiro atoms. The zero-order valence-electron chi connectivity index (χ0n) is 15.3. The monoisotopic (exact) mass is 421 g/mol. The third-order valence-corrected chi connectivity index (χ3v) is 6.74. The Hall–Kier alpha value is -2.96. The van der Waals surface area contributed by atoms with Gasteiger partial charge in [0.1, 0.15) is 0 Å². The molecule has 144 valence electrons. The summed E-state index contributed by atoms with van der Waals surface area (Å²) in [5, 5.41) is 0.499. The summed E-state index contributed by atoms with van der Waals surface area (Å²) in [6.07, 6.45) is 2.02. The standard InChI is InChI=1S/C22H16ClN3O2S/c23-15-9-10-21-19(13-15)26(18-7-3-4-8-20(18)29(21)28)22(27)11-12-25-14-24-16-5-1-2-6-17(16)25/h1-10,13-14H,11-12H2. The minimum absolute atomic E-state index is 0.0875. The van der Waals surface area contributed by atoms with Gasteiger partial charge in [-0.15, -0.1) is 0 Å². The number of hydrogen-bond acceptors (Lipinski definition) is 3. The molecule has 0 aliphatic carbocycles. The molecule has 1 unspecified atom stereocenters. The number of aromatic nitrogens is 2. The van der Waals surface area contributed by atoms with E-state index in [4.69, 9.17) is 11.6 Å². The molecule has 1 amide bonds. The number of aryl methyl sites for hydroxylation is 1. The van der Waals surface area contributed by atoms with Crippen LogP contribution in [0.1, 0.15) is 6.42 Å². The van der Waals surface area contributed by atoms with Gasteiger partial charge in [-0.2, -0.15) is 0 Å². The number of anilines is 2. The minimum Gasteiger partial charge on any atom is -0.330 e. The lowest BCUT2D eigenvalue weighted by molar-refractivity contribution is -0.118. The molecule has 2 heterocycles. The van der Waals surface area contributed by atoms with Crippen molar-refractivity contribution in [3.8, 4) is 0 Å². The van der Waals surface area contributed by atoms with Crippen LogP contribution >= 0.6 is 11.6 Å². The Bertz CT molecular complexity index is 1280. The zero-order chi connectivity index (χ0) is 20.0. The summed E-state index contributed by atoms with van der Waals surface area (Å²) in [6, 6.07) is 20.3. The van der Waals surface area contributed by atoms with Crippen LogP contribution in [0.5, 0.6) is 0 Å². The van der Waals surface area contributed by atoms with Crippen LogP contribution < -0.4 is 4.90 Å². The molecule has 0 saturated carbocycles. The lowest BCUT2D eigenvalue weighted by Crippen LogP contribution is -2.31. The maximum Gasteiger partial charge on any atom is 0.233 e. The maximum absolute atomic E-state index is 13.3. The van der Waals surface area contributed by atoms with E-state index in [1.165, 1.54) is 0 Å². The quantitative estimate of drug-likeness (QED) is 0.471. The first-order valence-corrected chi connectivity index (χ1v) is 10.7. The first-order chi connectivity index (χ1) is 14.1. The summed E-state index contributed by atoms with van der Waals surface area (Å²) in [4.78, 5) is 20.6. The van der Waals surface area contributed by atoms with E-state index in [2.05, 4.69) is 4.98 Å². The number of amides is 1. The normalized spacial score (nSPS) is 15.2. The molecule has 1 atom stereocenters. The molecule has 1 aliphatic rings. The van der Waals surface area contributed by atoms with E-state index in [0.29, 0.717) is 32.7 Å². The van der Waals surface area contributed by atoms with Crippen LogP contribution in [0.4, 0.5) is 11.4 Å². The summed E-state index contributed by atoms with van der Waals surface area (Å²) in [5.74, 6) is -0.0875. The van der Waals surface area contributed by atoms with Gasteiger partial charge in [-0.25, -0.2) is 9.19 Å². The van der Waals surface area contributed by atoms with Crippen LogP contribution in [0.15, 0.2) is 82.8 Å². The fourth-order valence-corrected chi connectivity index (χ4v) is 5.14. The summed E-state index contributed by atoms with van der Waals surface area (Å²) in [5.41, 5.74) is 3.11. The predicted molar refractivity (Wildman–Crippen MR) is 114 cm³/mol. The molecule has 0 saturated heterocycles. The van der Waals surface area contributed by atoms with Gasteiger partial charge in [0, 0.05) is 18.0 Å². The van der Waals surface area contributed by atoms with Crippen molar-refractivity contribution in [3.63, 3.8) is 0 Å². The van der Waals surface area contributed by atoms with Crippen LogP contribution in [0.25, 0.3) is 11.0 Å². The average molecular weight is 422 g/mol.